The molecule has 0 bridgehead atoms. The summed E-state index contributed by atoms with van der Waals surface area (Å²) in [6.07, 6.45) is 3.65. The van der Waals surface area contributed by atoms with Gasteiger partial charge in [-0.2, -0.15) is 0 Å². The van der Waals surface area contributed by atoms with Gasteiger partial charge >= 0.3 is 0 Å². The van der Waals surface area contributed by atoms with Crippen LogP contribution >= 0.6 is 27.3 Å². The number of hydrogen-bond acceptors (Lipinski definition) is 3. The predicted molar refractivity (Wildman–Crippen MR) is 81.8 cm³/mol. The molecule has 5 heteroatoms. The number of nitrogens with zero attached hydrogens (tertiary/aromatic N) is 1. The second kappa shape index (κ2) is 5.42. The van der Waals surface area contributed by atoms with E-state index in [-0.39, 0.29) is 11.6 Å². The van der Waals surface area contributed by atoms with Crippen LogP contribution in [0, 0.1) is 5.82 Å². The van der Waals surface area contributed by atoms with Crippen LogP contribution in [-0.4, -0.2) is 10.8 Å². The molecule has 0 saturated heterocycles. The molecule has 3 rings (SSSR count). The molecule has 0 atom stereocenters. The molecule has 0 N–H and O–H groups in total. The van der Waals surface area contributed by atoms with E-state index in [0.717, 1.165) is 20.1 Å². The Kier molecular flexibility index (Phi) is 3.63. The zero-order chi connectivity index (χ0) is 14.1. The van der Waals surface area contributed by atoms with Crippen molar-refractivity contribution >= 4 is 43.1 Å². The molecule has 20 heavy (non-hydrogen) atoms. The van der Waals surface area contributed by atoms with E-state index in [1.165, 1.54) is 23.5 Å². The first-order valence-electron chi connectivity index (χ1n) is 5.93. The normalized spacial score (nSPS) is 10.9. The molecule has 100 valence electrons. The molecule has 0 amide bonds. The molecule has 2 heterocycles. The maximum atomic E-state index is 13.1. The van der Waals surface area contributed by atoms with Gasteiger partial charge in [0.1, 0.15) is 5.82 Å². The Morgan fingerprint density at radius 2 is 2.10 bits per heavy atom. The van der Waals surface area contributed by atoms with Gasteiger partial charge in [0.15, 0.2) is 5.78 Å². The number of halogens is 2. The number of pyridine rings is 1. The summed E-state index contributed by atoms with van der Waals surface area (Å²) in [5.74, 6) is -0.263. The molecule has 2 nitrogen and oxygen atoms in total. The van der Waals surface area contributed by atoms with E-state index in [1.54, 1.807) is 18.5 Å². The van der Waals surface area contributed by atoms with Gasteiger partial charge in [0.05, 0.1) is 4.88 Å². The summed E-state index contributed by atoms with van der Waals surface area (Å²) in [6, 6.07) is 8.24. The molecule has 0 aliphatic heterocycles. The molecule has 0 saturated carbocycles. The standard InChI is InChI=1S/C15H9BrFNOS/c16-11-3-9(7-18-8-11)4-13(19)15-5-10-1-2-12(17)6-14(10)20-15/h1-3,5-8H,4H2. The quantitative estimate of drug-likeness (QED) is 0.645. The first-order valence-corrected chi connectivity index (χ1v) is 7.54. The fourth-order valence-corrected chi connectivity index (χ4v) is 3.40. The number of benzene rings is 1. The Morgan fingerprint density at radius 1 is 1.25 bits per heavy atom. The fourth-order valence-electron chi connectivity index (χ4n) is 1.97. The molecule has 0 aliphatic rings. The molecular weight excluding hydrogens is 341 g/mol. The Morgan fingerprint density at radius 3 is 2.90 bits per heavy atom. The number of fused-ring (bicyclic) bond motifs is 1. The number of aromatic nitrogens is 1. The van der Waals surface area contributed by atoms with Crippen LogP contribution in [0.2, 0.25) is 0 Å². The number of Topliss-reactive ketones (excluding diaryl/α,β-unsaturated/α-hetero) is 1. The molecule has 0 radical (unpaired) electrons. The third-order valence-corrected chi connectivity index (χ3v) is 4.46. The summed E-state index contributed by atoms with van der Waals surface area (Å²) >= 11 is 4.65. The Labute approximate surface area is 127 Å². The summed E-state index contributed by atoms with van der Waals surface area (Å²) in [5.41, 5.74) is 0.855. The Bertz CT molecular complexity index is 799. The van der Waals surface area contributed by atoms with Gasteiger partial charge in [0.2, 0.25) is 0 Å². The van der Waals surface area contributed by atoms with E-state index in [9.17, 15) is 9.18 Å². The lowest BCUT2D eigenvalue weighted by Crippen LogP contribution is -2.01. The molecule has 0 unspecified atom stereocenters. The minimum absolute atomic E-state index is 0.0199. The average molecular weight is 350 g/mol. The van der Waals surface area contributed by atoms with Crippen molar-refractivity contribution in [3.8, 4) is 0 Å². The minimum atomic E-state index is -0.283. The van der Waals surface area contributed by atoms with Crippen molar-refractivity contribution in [1.29, 1.82) is 0 Å². The monoisotopic (exact) mass is 349 g/mol. The van der Waals surface area contributed by atoms with Crippen molar-refractivity contribution in [3.05, 3.63) is 63.5 Å². The molecule has 0 aliphatic carbocycles. The van der Waals surface area contributed by atoms with Crippen LogP contribution in [0.1, 0.15) is 15.2 Å². The van der Waals surface area contributed by atoms with Gasteiger partial charge in [-0.15, -0.1) is 11.3 Å². The Hall–Kier alpha value is -1.59. The van der Waals surface area contributed by atoms with Crippen molar-refractivity contribution in [1.82, 2.24) is 4.98 Å². The number of carbonyl (C=O) groups excluding carboxylic acids is 1. The third-order valence-electron chi connectivity index (χ3n) is 2.88. The summed E-state index contributed by atoms with van der Waals surface area (Å²) in [7, 11) is 0. The SMILES string of the molecule is O=C(Cc1cncc(Br)c1)c1cc2ccc(F)cc2s1. The fraction of sp³-hybridized carbons (Fsp3) is 0.0667. The zero-order valence-electron chi connectivity index (χ0n) is 10.3. The predicted octanol–water partition coefficient (Wildman–Crippen LogP) is 4.62. The third kappa shape index (κ3) is 2.78. The summed E-state index contributed by atoms with van der Waals surface area (Å²) in [4.78, 5) is 16.9. The van der Waals surface area contributed by atoms with Gasteiger partial charge in [-0.3, -0.25) is 9.78 Å². The average Bonchev–Trinajstić information content (AvgIpc) is 2.81. The number of hydrogen-bond donors (Lipinski definition) is 0. The van der Waals surface area contributed by atoms with Gasteiger partial charge in [-0.1, -0.05) is 6.07 Å². The van der Waals surface area contributed by atoms with Crippen molar-refractivity contribution in [2.45, 2.75) is 6.42 Å². The van der Waals surface area contributed by atoms with Gasteiger partial charge in [0, 0.05) is 28.0 Å². The van der Waals surface area contributed by atoms with Crippen molar-refractivity contribution in [2.75, 3.05) is 0 Å². The highest BCUT2D eigenvalue weighted by atomic mass is 79.9. The van der Waals surface area contributed by atoms with Crippen molar-refractivity contribution in [3.63, 3.8) is 0 Å². The summed E-state index contributed by atoms with van der Waals surface area (Å²) < 4.78 is 14.8. The van der Waals surface area contributed by atoms with Gasteiger partial charge in [-0.25, -0.2) is 4.39 Å². The van der Waals surface area contributed by atoms with E-state index in [2.05, 4.69) is 20.9 Å². The maximum absolute atomic E-state index is 13.1. The minimum Gasteiger partial charge on any atom is -0.293 e. The molecule has 0 spiro atoms. The smallest absolute Gasteiger partial charge is 0.177 e. The van der Waals surface area contributed by atoms with E-state index in [0.29, 0.717) is 11.3 Å². The highest BCUT2D eigenvalue weighted by Gasteiger charge is 2.12. The van der Waals surface area contributed by atoms with E-state index < -0.39 is 0 Å². The van der Waals surface area contributed by atoms with Crippen molar-refractivity contribution < 1.29 is 9.18 Å². The van der Waals surface area contributed by atoms with Crippen LogP contribution in [0.25, 0.3) is 10.1 Å². The lowest BCUT2D eigenvalue weighted by Gasteiger charge is -1.99. The second-order valence-corrected chi connectivity index (χ2v) is 6.40. The number of thiophene rings is 1. The number of ketones is 1. The van der Waals surface area contributed by atoms with Gasteiger partial charge < -0.3 is 0 Å². The molecule has 1 aromatic carbocycles. The second-order valence-electron chi connectivity index (χ2n) is 4.40. The van der Waals surface area contributed by atoms with E-state index in [4.69, 9.17) is 0 Å². The number of carbonyl (C=O) groups is 1. The molecule has 2 aromatic heterocycles. The Balaban J connectivity index is 1.88. The summed E-state index contributed by atoms with van der Waals surface area (Å²) in [5, 5.41) is 0.895. The largest absolute Gasteiger partial charge is 0.293 e. The van der Waals surface area contributed by atoms with Crippen molar-refractivity contribution in [2.24, 2.45) is 0 Å². The summed E-state index contributed by atoms with van der Waals surface area (Å²) in [6.45, 7) is 0. The zero-order valence-corrected chi connectivity index (χ0v) is 12.7. The highest BCUT2D eigenvalue weighted by Crippen LogP contribution is 2.27. The van der Waals surface area contributed by atoms with Crippen LogP contribution in [0.5, 0.6) is 0 Å². The van der Waals surface area contributed by atoms with Crippen LogP contribution < -0.4 is 0 Å². The van der Waals surface area contributed by atoms with Gasteiger partial charge in [-0.05, 0) is 51.1 Å². The van der Waals surface area contributed by atoms with Crippen LogP contribution in [0.4, 0.5) is 4.39 Å². The molecule has 0 fully saturated rings. The van der Waals surface area contributed by atoms with E-state index in [1.807, 2.05) is 12.1 Å². The van der Waals surface area contributed by atoms with Crippen LogP contribution in [0.15, 0.2) is 47.2 Å². The lowest BCUT2D eigenvalue weighted by molar-refractivity contribution is 0.0997. The first kappa shape index (κ1) is 13.4. The maximum Gasteiger partial charge on any atom is 0.177 e. The topological polar surface area (TPSA) is 30.0 Å². The van der Waals surface area contributed by atoms with Crippen LogP contribution in [-0.2, 0) is 6.42 Å². The van der Waals surface area contributed by atoms with Crippen LogP contribution in [0.3, 0.4) is 0 Å². The van der Waals surface area contributed by atoms with Gasteiger partial charge in [0.25, 0.3) is 0 Å². The lowest BCUT2D eigenvalue weighted by atomic mass is 10.1. The highest BCUT2D eigenvalue weighted by molar-refractivity contribution is 9.10. The van der Waals surface area contributed by atoms with E-state index >= 15 is 0 Å². The molecule has 3 aromatic rings. The first-order chi connectivity index (χ1) is 9.61. The number of rotatable bonds is 3. The molecular formula is C15H9BrFNOS.